The van der Waals surface area contributed by atoms with E-state index in [4.69, 9.17) is 9.84 Å². The van der Waals surface area contributed by atoms with E-state index in [1.807, 2.05) is 57.7 Å². The maximum Gasteiger partial charge on any atom is 0.410 e. The Kier molecular flexibility index (Phi) is 9.28. The molecule has 0 bridgehead atoms. The molecule has 1 spiro atoms. The zero-order valence-electron chi connectivity index (χ0n) is 21.7. The van der Waals surface area contributed by atoms with Crippen molar-refractivity contribution in [3.05, 3.63) is 70.8 Å². The van der Waals surface area contributed by atoms with E-state index < -0.39 is 5.60 Å². The van der Waals surface area contributed by atoms with E-state index in [1.165, 1.54) is 5.56 Å². The zero-order valence-corrected chi connectivity index (χ0v) is 21.7. The highest BCUT2D eigenvalue weighted by Gasteiger charge is 2.51. The number of hydrogen-bond donors (Lipinski definition) is 1. The maximum atomic E-state index is 13.4. The number of piperidine rings is 1. The van der Waals surface area contributed by atoms with Gasteiger partial charge in [0.05, 0.1) is 5.54 Å². The van der Waals surface area contributed by atoms with E-state index in [9.17, 15) is 9.59 Å². The Hall–Kier alpha value is -2.86. The highest BCUT2D eigenvalue weighted by Crippen LogP contribution is 2.47. The van der Waals surface area contributed by atoms with Crippen LogP contribution in [0.1, 0.15) is 74.5 Å². The summed E-state index contributed by atoms with van der Waals surface area (Å²) in [5.41, 5.74) is 3.31. The van der Waals surface area contributed by atoms with Crippen LogP contribution in [-0.2, 0) is 16.8 Å². The van der Waals surface area contributed by atoms with Crippen molar-refractivity contribution in [1.82, 2.24) is 9.80 Å². The van der Waals surface area contributed by atoms with Crippen LogP contribution >= 0.6 is 0 Å². The Labute approximate surface area is 204 Å². The van der Waals surface area contributed by atoms with Gasteiger partial charge in [-0.25, -0.2) is 4.79 Å². The monoisotopic (exact) mass is 468 g/mol. The number of ether oxygens (including phenoxy) is 1. The van der Waals surface area contributed by atoms with Crippen molar-refractivity contribution in [3.63, 3.8) is 0 Å². The van der Waals surface area contributed by atoms with Gasteiger partial charge in [0, 0.05) is 32.3 Å². The number of hydrogen-bond acceptors (Lipinski definition) is 4. The molecule has 2 aliphatic heterocycles. The minimum absolute atomic E-state index is 0.0805. The molecule has 4 rings (SSSR count). The molecule has 0 unspecified atom stereocenters. The molecule has 2 aromatic carbocycles. The van der Waals surface area contributed by atoms with Crippen LogP contribution in [0.4, 0.5) is 4.79 Å². The highest BCUT2D eigenvalue weighted by atomic mass is 16.6. The topological polar surface area (TPSA) is 70.1 Å². The van der Waals surface area contributed by atoms with Crippen molar-refractivity contribution >= 4 is 12.0 Å². The van der Waals surface area contributed by atoms with Gasteiger partial charge in [0.25, 0.3) is 5.91 Å². The molecule has 0 aliphatic carbocycles. The first-order valence-corrected chi connectivity index (χ1v) is 12.1. The lowest BCUT2D eigenvalue weighted by atomic mass is 9.80. The van der Waals surface area contributed by atoms with Gasteiger partial charge in [-0.2, -0.15) is 0 Å². The van der Waals surface area contributed by atoms with E-state index in [0.29, 0.717) is 32.5 Å². The van der Waals surface area contributed by atoms with Gasteiger partial charge in [-0.3, -0.25) is 4.79 Å². The second-order valence-corrected chi connectivity index (χ2v) is 9.42. The first-order chi connectivity index (χ1) is 16.2. The van der Waals surface area contributed by atoms with Crippen LogP contribution in [0.2, 0.25) is 0 Å². The molecule has 2 aromatic rings. The number of nitrogens with zero attached hydrogens (tertiary/aromatic N) is 2. The quantitative estimate of drug-likeness (QED) is 0.631. The number of likely N-dealkylation sites (tertiary alicyclic amines) is 1. The molecule has 2 aliphatic rings. The Morgan fingerprint density at radius 3 is 2.12 bits per heavy atom. The van der Waals surface area contributed by atoms with Gasteiger partial charge in [-0.15, -0.1) is 0 Å². The SMILES string of the molecule is CC.CO.Cc1ccc(CN2C(=O)c3ccccc3C23CCN(C(=O)OC(C)(C)C)CC3)cc1. The minimum atomic E-state index is -0.514. The summed E-state index contributed by atoms with van der Waals surface area (Å²) in [6, 6.07) is 16.3. The van der Waals surface area contributed by atoms with Gasteiger partial charge in [-0.05, 0) is 57.7 Å². The van der Waals surface area contributed by atoms with Gasteiger partial charge in [0.15, 0.2) is 0 Å². The van der Waals surface area contributed by atoms with E-state index in [0.717, 1.165) is 23.8 Å². The van der Waals surface area contributed by atoms with Gasteiger partial charge < -0.3 is 19.6 Å². The molecule has 186 valence electrons. The first-order valence-electron chi connectivity index (χ1n) is 12.1. The lowest BCUT2D eigenvalue weighted by Gasteiger charge is -2.45. The van der Waals surface area contributed by atoms with Crippen molar-refractivity contribution < 1.29 is 19.4 Å². The number of aryl methyl sites for hydroxylation is 1. The van der Waals surface area contributed by atoms with Crippen LogP contribution in [0.5, 0.6) is 0 Å². The van der Waals surface area contributed by atoms with Crippen LogP contribution < -0.4 is 0 Å². The average Bonchev–Trinajstić information content (AvgIpc) is 3.05. The molecule has 34 heavy (non-hydrogen) atoms. The molecule has 1 fully saturated rings. The molecule has 0 aromatic heterocycles. The van der Waals surface area contributed by atoms with Crippen LogP contribution in [0, 0.1) is 6.92 Å². The number of carbonyl (C=O) groups is 2. The van der Waals surface area contributed by atoms with Gasteiger partial charge >= 0.3 is 6.09 Å². The third kappa shape index (κ3) is 5.79. The fourth-order valence-corrected chi connectivity index (χ4v) is 4.58. The van der Waals surface area contributed by atoms with Crippen LogP contribution in [0.15, 0.2) is 48.5 Å². The number of carbonyl (C=O) groups excluding carboxylic acids is 2. The van der Waals surface area contributed by atoms with Crippen molar-refractivity contribution in [3.8, 4) is 0 Å². The summed E-state index contributed by atoms with van der Waals surface area (Å²) in [6.45, 7) is 13.4. The van der Waals surface area contributed by atoms with Crippen molar-refractivity contribution in [2.75, 3.05) is 20.2 Å². The highest BCUT2D eigenvalue weighted by molar-refractivity contribution is 6.00. The summed E-state index contributed by atoms with van der Waals surface area (Å²) in [6.07, 6.45) is 1.14. The van der Waals surface area contributed by atoms with E-state index >= 15 is 0 Å². The first kappa shape index (κ1) is 27.4. The van der Waals surface area contributed by atoms with Crippen molar-refractivity contribution in [1.29, 1.82) is 0 Å². The average molecular weight is 469 g/mol. The fraction of sp³-hybridized carbons (Fsp3) is 0.500. The third-order valence-corrected chi connectivity index (χ3v) is 6.12. The van der Waals surface area contributed by atoms with E-state index in [1.54, 1.807) is 4.90 Å². The predicted octanol–water partition coefficient (Wildman–Crippen LogP) is 5.51. The van der Waals surface area contributed by atoms with Crippen molar-refractivity contribution in [2.45, 2.75) is 72.1 Å². The molecule has 0 radical (unpaired) electrons. The molecule has 1 saturated heterocycles. The molecule has 2 amide bonds. The van der Waals surface area contributed by atoms with Gasteiger partial charge in [0.1, 0.15) is 5.60 Å². The number of benzene rings is 2. The standard InChI is InChI=1S/C25H30N2O3.C2H6.CH4O/c1-18-9-11-19(12-10-18)17-27-22(28)20-7-5-6-8-21(20)25(27)13-15-26(16-14-25)23(29)30-24(2,3)4;2*1-2/h5-12H,13-17H2,1-4H3;1-2H3;2H,1H3. The zero-order chi connectivity index (χ0) is 25.5. The molecule has 6 nitrogen and oxygen atoms in total. The molecule has 6 heteroatoms. The Bertz CT molecular complexity index is 955. The normalized spacial score (nSPS) is 16.2. The third-order valence-electron chi connectivity index (χ3n) is 6.12. The van der Waals surface area contributed by atoms with Gasteiger partial charge in [0.2, 0.25) is 0 Å². The molecular weight excluding hydrogens is 428 g/mol. The smallest absolute Gasteiger partial charge is 0.410 e. The molecular formula is C28H40N2O4. The second-order valence-electron chi connectivity index (χ2n) is 9.42. The summed E-state index contributed by atoms with van der Waals surface area (Å²) < 4.78 is 5.56. The Morgan fingerprint density at radius 2 is 1.56 bits per heavy atom. The molecule has 0 atom stereocenters. The Morgan fingerprint density at radius 1 is 1.00 bits per heavy atom. The molecule has 1 N–H and O–H groups in total. The second kappa shape index (κ2) is 11.5. The number of rotatable bonds is 2. The fourth-order valence-electron chi connectivity index (χ4n) is 4.58. The van der Waals surface area contributed by atoms with E-state index in [2.05, 4.69) is 37.3 Å². The molecule has 2 heterocycles. The number of fused-ring (bicyclic) bond motifs is 2. The summed E-state index contributed by atoms with van der Waals surface area (Å²) >= 11 is 0. The predicted molar refractivity (Wildman–Crippen MR) is 136 cm³/mol. The summed E-state index contributed by atoms with van der Waals surface area (Å²) in [7, 11) is 1.00. The minimum Gasteiger partial charge on any atom is -0.444 e. The lowest BCUT2D eigenvalue weighted by molar-refractivity contribution is -0.00220. The number of amides is 2. The van der Waals surface area contributed by atoms with Crippen LogP contribution in [0.25, 0.3) is 0 Å². The number of aliphatic hydroxyl groups excluding tert-OH is 1. The Balaban J connectivity index is 0.000000970. The van der Waals surface area contributed by atoms with Crippen molar-refractivity contribution in [2.24, 2.45) is 0 Å². The largest absolute Gasteiger partial charge is 0.444 e. The number of aliphatic hydroxyl groups is 1. The van der Waals surface area contributed by atoms with E-state index in [-0.39, 0.29) is 17.5 Å². The maximum absolute atomic E-state index is 13.4. The summed E-state index contributed by atoms with van der Waals surface area (Å²) in [5.74, 6) is 0.0805. The summed E-state index contributed by atoms with van der Waals surface area (Å²) in [4.78, 5) is 29.7. The lowest BCUT2D eigenvalue weighted by Crippen LogP contribution is -2.52. The summed E-state index contributed by atoms with van der Waals surface area (Å²) in [5, 5.41) is 7.00. The molecule has 0 saturated carbocycles. The van der Waals surface area contributed by atoms with Gasteiger partial charge in [-0.1, -0.05) is 61.9 Å². The van der Waals surface area contributed by atoms with Crippen LogP contribution in [0.3, 0.4) is 0 Å². The van der Waals surface area contributed by atoms with Crippen LogP contribution in [-0.4, -0.2) is 52.7 Å².